The number of nitrogens with two attached hydrogens (primary N) is 1. The first-order valence-electron chi connectivity index (χ1n) is 4.28. The number of hydrogen-bond donors (Lipinski definition) is 1. The molecule has 0 aliphatic heterocycles. The van der Waals surface area contributed by atoms with Crippen molar-refractivity contribution < 1.29 is 9.13 Å². The summed E-state index contributed by atoms with van der Waals surface area (Å²) in [6.45, 7) is 2.78. The maximum atomic E-state index is 12.7. The van der Waals surface area contributed by atoms with Gasteiger partial charge in [0.25, 0.3) is 0 Å². The Kier molecular flexibility index (Phi) is 3.86. The summed E-state index contributed by atoms with van der Waals surface area (Å²) in [4.78, 5) is 0. The molecule has 0 aliphatic rings. The molecule has 0 saturated heterocycles. The summed E-state index contributed by atoms with van der Waals surface area (Å²) in [6.07, 6.45) is 0.0169. The lowest BCUT2D eigenvalue weighted by Gasteiger charge is -2.09. The molecule has 0 saturated carbocycles. The molecule has 3 heteroatoms. The Bertz CT molecular complexity index is 265. The van der Waals surface area contributed by atoms with E-state index in [-0.39, 0.29) is 11.9 Å². The minimum absolute atomic E-state index is 0.0169. The normalized spacial score (nSPS) is 12.8. The molecule has 0 aliphatic carbocycles. The molecule has 13 heavy (non-hydrogen) atoms. The maximum Gasteiger partial charge on any atom is 0.123 e. The zero-order chi connectivity index (χ0) is 9.68. The highest BCUT2D eigenvalue weighted by molar-refractivity contribution is 5.15. The van der Waals surface area contributed by atoms with Crippen LogP contribution in [0.25, 0.3) is 0 Å². The van der Waals surface area contributed by atoms with Gasteiger partial charge in [0.05, 0.1) is 12.7 Å². The van der Waals surface area contributed by atoms with E-state index in [4.69, 9.17) is 10.5 Å². The van der Waals surface area contributed by atoms with Gasteiger partial charge in [-0.05, 0) is 24.6 Å². The van der Waals surface area contributed by atoms with E-state index in [1.165, 1.54) is 12.1 Å². The van der Waals surface area contributed by atoms with Crippen molar-refractivity contribution >= 4 is 0 Å². The Hall–Kier alpha value is -0.930. The SMILES string of the molecule is CC(CN)OCc1cccc(F)c1. The van der Waals surface area contributed by atoms with Crippen LogP contribution in [0.3, 0.4) is 0 Å². The van der Waals surface area contributed by atoms with Gasteiger partial charge in [-0.25, -0.2) is 4.39 Å². The molecule has 2 nitrogen and oxygen atoms in total. The summed E-state index contributed by atoms with van der Waals surface area (Å²) in [5, 5.41) is 0. The number of rotatable bonds is 4. The van der Waals surface area contributed by atoms with Crippen LogP contribution >= 0.6 is 0 Å². The lowest BCUT2D eigenvalue weighted by molar-refractivity contribution is 0.0588. The van der Waals surface area contributed by atoms with Crippen LogP contribution < -0.4 is 5.73 Å². The van der Waals surface area contributed by atoms with Gasteiger partial charge < -0.3 is 10.5 Å². The van der Waals surface area contributed by atoms with Crippen LogP contribution in [0.5, 0.6) is 0 Å². The van der Waals surface area contributed by atoms with Gasteiger partial charge in [0, 0.05) is 6.54 Å². The molecule has 0 amide bonds. The summed E-state index contributed by atoms with van der Waals surface area (Å²) in [7, 11) is 0. The third kappa shape index (κ3) is 3.53. The average molecular weight is 183 g/mol. The van der Waals surface area contributed by atoms with Gasteiger partial charge in [0.1, 0.15) is 5.82 Å². The lowest BCUT2D eigenvalue weighted by Crippen LogP contribution is -2.19. The minimum Gasteiger partial charge on any atom is -0.373 e. The van der Waals surface area contributed by atoms with Crippen LogP contribution in [0.2, 0.25) is 0 Å². The maximum absolute atomic E-state index is 12.7. The van der Waals surface area contributed by atoms with Crippen molar-refractivity contribution in [3.8, 4) is 0 Å². The number of ether oxygens (including phenoxy) is 1. The monoisotopic (exact) mass is 183 g/mol. The molecule has 0 heterocycles. The molecule has 0 spiro atoms. The molecule has 1 aromatic carbocycles. The largest absolute Gasteiger partial charge is 0.373 e. The number of benzene rings is 1. The molecule has 1 rings (SSSR count). The minimum atomic E-state index is -0.235. The summed E-state index contributed by atoms with van der Waals surface area (Å²) in [5.74, 6) is -0.235. The van der Waals surface area contributed by atoms with E-state index in [1.54, 1.807) is 6.07 Å². The molecule has 0 bridgehead atoms. The Morgan fingerprint density at radius 3 is 2.92 bits per heavy atom. The highest BCUT2D eigenvalue weighted by atomic mass is 19.1. The van der Waals surface area contributed by atoms with Crippen molar-refractivity contribution in [3.05, 3.63) is 35.6 Å². The second-order valence-electron chi connectivity index (χ2n) is 2.99. The molecule has 0 radical (unpaired) electrons. The zero-order valence-corrected chi connectivity index (χ0v) is 7.66. The van der Waals surface area contributed by atoms with Gasteiger partial charge in [-0.1, -0.05) is 12.1 Å². The van der Waals surface area contributed by atoms with Crippen molar-refractivity contribution in [1.82, 2.24) is 0 Å². The first-order valence-corrected chi connectivity index (χ1v) is 4.28. The Morgan fingerprint density at radius 2 is 2.31 bits per heavy atom. The summed E-state index contributed by atoms with van der Waals surface area (Å²) < 4.78 is 18.0. The van der Waals surface area contributed by atoms with Crippen molar-refractivity contribution in [3.63, 3.8) is 0 Å². The van der Waals surface area contributed by atoms with Crippen LogP contribution in [0.1, 0.15) is 12.5 Å². The molecule has 0 aromatic heterocycles. The third-order valence-electron chi connectivity index (χ3n) is 1.76. The molecule has 1 atom stereocenters. The van der Waals surface area contributed by atoms with Crippen LogP contribution in [-0.4, -0.2) is 12.6 Å². The van der Waals surface area contributed by atoms with Gasteiger partial charge in [0.2, 0.25) is 0 Å². The lowest BCUT2D eigenvalue weighted by atomic mass is 10.2. The van der Waals surface area contributed by atoms with E-state index in [1.807, 2.05) is 13.0 Å². The third-order valence-corrected chi connectivity index (χ3v) is 1.76. The smallest absolute Gasteiger partial charge is 0.123 e. The molecule has 72 valence electrons. The Labute approximate surface area is 77.5 Å². The Balaban J connectivity index is 2.45. The topological polar surface area (TPSA) is 35.2 Å². The van der Waals surface area contributed by atoms with Crippen LogP contribution in [0, 0.1) is 5.82 Å². The number of halogens is 1. The highest BCUT2D eigenvalue weighted by Gasteiger charge is 2.00. The summed E-state index contributed by atoms with van der Waals surface area (Å²) in [6, 6.07) is 6.37. The molecular formula is C10H14FNO. The molecule has 0 fully saturated rings. The van der Waals surface area contributed by atoms with Gasteiger partial charge in [-0.2, -0.15) is 0 Å². The standard InChI is InChI=1S/C10H14FNO/c1-8(6-12)13-7-9-3-2-4-10(11)5-9/h2-5,8H,6-7,12H2,1H3. The second-order valence-corrected chi connectivity index (χ2v) is 2.99. The van der Waals surface area contributed by atoms with E-state index in [9.17, 15) is 4.39 Å². The summed E-state index contributed by atoms with van der Waals surface area (Å²) >= 11 is 0. The van der Waals surface area contributed by atoms with Gasteiger partial charge in [-0.15, -0.1) is 0 Å². The van der Waals surface area contributed by atoms with Crippen LogP contribution in [0.15, 0.2) is 24.3 Å². The fourth-order valence-corrected chi connectivity index (χ4v) is 0.933. The molecular weight excluding hydrogens is 169 g/mol. The van der Waals surface area contributed by atoms with E-state index in [2.05, 4.69) is 0 Å². The van der Waals surface area contributed by atoms with Gasteiger partial charge in [0.15, 0.2) is 0 Å². The predicted octanol–water partition coefficient (Wildman–Crippen LogP) is 1.69. The number of hydrogen-bond acceptors (Lipinski definition) is 2. The van der Waals surface area contributed by atoms with E-state index in [0.29, 0.717) is 13.2 Å². The first-order chi connectivity index (χ1) is 6.22. The van der Waals surface area contributed by atoms with Crippen molar-refractivity contribution in [2.24, 2.45) is 5.73 Å². The quantitative estimate of drug-likeness (QED) is 0.771. The van der Waals surface area contributed by atoms with E-state index >= 15 is 0 Å². The fraction of sp³-hybridized carbons (Fsp3) is 0.400. The zero-order valence-electron chi connectivity index (χ0n) is 7.66. The second kappa shape index (κ2) is 4.94. The van der Waals surface area contributed by atoms with E-state index < -0.39 is 0 Å². The highest BCUT2D eigenvalue weighted by Crippen LogP contribution is 2.05. The van der Waals surface area contributed by atoms with Gasteiger partial charge >= 0.3 is 0 Å². The van der Waals surface area contributed by atoms with Crippen molar-refractivity contribution in [2.75, 3.05) is 6.54 Å². The van der Waals surface area contributed by atoms with Crippen molar-refractivity contribution in [2.45, 2.75) is 19.6 Å². The molecule has 2 N–H and O–H groups in total. The fourth-order valence-electron chi connectivity index (χ4n) is 0.933. The van der Waals surface area contributed by atoms with Gasteiger partial charge in [-0.3, -0.25) is 0 Å². The average Bonchev–Trinajstić information content (AvgIpc) is 2.14. The van der Waals surface area contributed by atoms with Crippen LogP contribution in [0.4, 0.5) is 4.39 Å². The van der Waals surface area contributed by atoms with Crippen LogP contribution in [-0.2, 0) is 11.3 Å². The predicted molar refractivity (Wildman–Crippen MR) is 49.7 cm³/mol. The Morgan fingerprint density at radius 1 is 1.54 bits per heavy atom. The van der Waals surface area contributed by atoms with Crippen molar-refractivity contribution in [1.29, 1.82) is 0 Å². The van der Waals surface area contributed by atoms with E-state index in [0.717, 1.165) is 5.56 Å². The summed E-state index contributed by atoms with van der Waals surface area (Å²) in [5.41, 5.74) is 6.20. The molecule has 1 aromatic rings. The first kappa shape index (κ1) is 10.2. The molecule has 1 unspecified atom stereocenters.